The van der Waals surface area contributed by atoms with E-state index >= 15 is 0 Å². The van der Waals surface area contributed by atoms with Crippen LogP contribution in [0, 0.1) is 0 Å². The Morgan fingerprint density at radius 3 is 2.85 bits per heavy atom. The minimum Gasteiger partial charge on any atom is -0.331 e. The fourth-order valence-corrected chi connectivity index (χ4v) is 1.27. The van der Waals surface area contributed by atoms with Gasteiger partial charge in [0.25, 0.3) is 0 Å². The van der Waals surface area contributed by atoms with Crippen LogP contribution in [-0.4, -0.2) is 9.55 Å². The van der Waals surface area contributed by atoms with Gasteiger partial charge in [-0.05, 0) is 6.42 Å². The lowest BCUT2D eigenvalue weighted by atomic mass is 10.1. The van der Waals surface area contributed by atoms with Crippen LogP contribution in [0.4, 0.5) is 0 Å². The summed E-state index contributed by atoms with van der Waals surface area (Å²) in [5.41, 5.74) is 0. The zero-order chi connectivity index (χ0) is 8.81. The van der Waals surface area contributed by atoms with Gasteiger partial charge in [0, 0.05) is 12.4 Å². The van der Waals surface area contributed by atoms with E-state index in [2.05, 4.69) is 23.1 Å². The molecular weight excluding hydrogens is 228 g/mol. The molecule has 3 heteroatoms. The molecule has 2 nitrogen and oxygen atoms in total. The number of halogens is 1. The van der Waals surface area contributed by atoms with E-state index in [1.54, 1.807) is 0 Å². The molecule has 1 atom stereocenters. The first kappa shape index (κ1) is 12.4. The summed E-state index contributed by atoms with van der Waals surface area (Å²) < 4.78 is 2.10. The normalized spacial score (nSPS) is 11.8. The first-order valence-corrected chi connectivity index (χ1v) is 4.48. The van der Waals surface area contributed by atoms with Gasteiger partial charge in [0.2, 0.25) is 0 Å². The predicted octanol–water partition coefficient (Wildman–Crippen LogP) is 3.38. The predicted molar refractivity (Wildman–Crippen MR) is 61.3 cm³/mol. The zero-order valence-corrected chi connectivity index (χ0v) is 9.73. The summed E-state index contributed by atoms with van der Waals surface area (Å²) in [4.78, 5) is 4.01. The lowest BCUT2D eigenvalue weighted by molar-refractivity contribution is 0.530. The van der Waals surface area contributed by atoms with E-state index in [9.17, 15) is 0 Å². The highest BCUT2D eigenvalue weighted by molar-refractivity contribution is 8.93. The Balaban J connectivity index is 0.00000144. The van der Waals surface area contributed by atoms with Crippen molar-refractivity contribution >= 4 is 17.0 Å². The van der Waals surface area contributed by atoms with Crippen molar-refractivity contribution in [1.29, 1.82) is 0 Å². The summed E-state index contributed by atoms with van der Waals surface area (Å²) in [5.74, 6) is 0. The molecule has 0 saturated heterocycles. The van der Waals surface area contributed by atoms with E-state index in [1.807, 2.05) is 24.8 Å². The summed E-state index contributed by atoms with van der Waals surface area (Å²) in [5, 5.41) is 0. The van der Waals surface area contributed by atoms with Gasteiger partial charge in [0.15, 0.2) is 0 Å². The van der Waals surface area contributed by atoms with Crippen LogP contribution in [0.15, 0.2) is 31.4 Å². The highest BCUT2D eigenvalue weighted by atomic mass is 79.9. The average molecular weight is 245 g/mol. The molecular formula is C10H17BrN2. The third-order valence-electron chi connectivity index (χ3n) is 2.03. The molecule has 1 rings (SSSR count). The number of nitrogens with zero attached hydrogens (tertiary/aromatic N) is 2. The number of aromatic nitrogens is 2. The Morgan fingerprint density at radius 1 is 1.62 bits per heavy atom. The summed E-state index contributed by atoms with van der Waals surface area (Å²) in [6, 6.07) is 0.424. The quantitative estimate of drug-likeness (QED) is 0.727. The van der Waals surface area contributed by atoms with Crippen molar-refractivity contribution in [2.75, 3.05) is 0 Å². The minimum absolute atomic E-state index is 0. The lowest BCUT2D eigenvalue weighted by Crippen LogP contribution is -2.03. The van der Waals surface area contributed by atoms with Crippen LogP contribution >= 0.6 is 17.0 Å². The number of unbranched alkanes of at least 4 members (excludes halogenated alkanes) is 1. The molecule has 1 aromatic heterocycles. The van der Waals surface area contributed by atoms with Gasteiger partial charge in [-0.1, -0.05) is 25.8 Å². The molecule has 0 spiro atoms. The van der Waals surface area contributed by atoms with Crippen LogP contribution in [0.2, 0.25) is 0 Å². The van der Waals surface area contributed by atoms with E-state index in [-0.39, 0.29) is 17.0 Å². The van der Waals surface area contributed by atoms with Gasteiger partial charge in [-0.2, -0.15) is 0 Å². The molecule has 0 amide bonds. The summed E-state index contributed by atoms with van der Waals surface area (Å²) in [6.07, 6.45) is 11.3. The SMILES string of the molecule is Br.C=CC(CCCC)n1ccnc1. The third-order valence-corrected chi connectivity index (χ3v) is 2.03. The second-order valence-electron chi connectivity index (χ2n) is 2.96. The van der Waals surface area contributed by atoms with Gasteiger partial charge in [-0.15, -0.1) is 23.6 Å². The maximum absolute atomic E-state index is 4.01. The van der Waals surface area contributed by atoms with Gasteiger partial charge in [-0.3, -0.25) is 0 Å². The lowest BCUT2D eigenvalue weighted by Gasteiger charge is -2.12. The number of allylic oxidation sites excluding steroid dienone is 1. The van der Waals surface area contributed by atoms with Crippen molar-refractivity contribution in [3.05, 3.63) is 31.4 Å². The molecule has 0 aromatic carbocycles. The number of hydrogen-bond acceptors (Lipinski definition) is 1. The molecule has 0 fully saturated rings. The van der Waals surface area contributed by atoms with Crippen LogP contribution < -0.4 is 0 Å². The Kier molecular flexibility index (Phi) is 6.59. The van der Waals surface area contributed by atoms with Gasteiger partial charge >= 0.3 is 0 Å². The first-order valence-electron chi connectivity index (χ1n) is 4.48. The van der Waals surface area contributed by atoms with Crippen LogP contribution in [0.25, 0.3) is 0 Å². The highest BCUT2D eigenvalue weighted by Crippen LogP contribution is 2.14. The second kappa shape index (κ2) is 6.89. The molecule has 0 N–H and O–H groups in total. The molecule has 74 valence electrons. The molecule has 0 aliphatic rings. The molecule has 0 aliphatic carbocycles. The average Bonchev–Trinajstić information content (AvgIpc) is 2.59. The second-order valence-corrected chi connectivity index (χ2v) is 2.96. The number of rotatable bonds is 5. The molecule has 0 bridgehead atoms. The summed E-state index contributed by atoms with van der Waals surface area (Å²) >= 11 is 0. The summed E-state index contributed by atoms with van der Waals surface area (Å²) in [6.45, 7) is 6.02. The van der Waals surface area contributed by atoms with E-state index in [0.717, 1.165) is 6.42 Å². The van der Waals surface area contributed by atoms with Gasteiger partial charge in [0.05, 0.1) is 12.4 Å². The Hall–Kier alpha value is -0.570. The smallest absolute Gasteiger partial charge is 0.0951 e. The van der Waals surface area contributed by atoms with Gasteiger partial charge in [-0.25, -0.2) is 4.98 Å². The topological polar surface area (TPSA) is 17.8 Å². The van der Waals surface area contributed by atoms with Crippen LogP contribution in [0.3, 0.4) is 0 Å². The first-order chi connectivity index (χ1) is 5.88. The monoisotopic (exact) mass is 244 g/mol. The van der Waals surface area contributed by atoms with Crippen LogP contribution in [0.5, 0.6) is 0 Å². The molecule has 13 heavy (non-hydrogen) atoms. The third kappa shape index (κ3) is 3.77. The Labute approximate surface area is 90.4 Å². The van der Waals surface area contributed by atoms with E-state index < -0.39 is 0 Å². The molecule has 0 saturated carbocycles. The molecule has 1 aromatic rings. The Bertz CT molecular complexity index is 219. The fourth-order valence-electron chi connectivity index (χ4n) is 1.27. The van der Waals surface area contributed by atoms with Crippen molar-refractivity contribution in [3.63, 3.8) is 0 Å². The van der Waals surface area contributed by atoms with Crippen molar-refractivity contribution in [2.24, 2.45) is 0 Å². The summed E-state index contributed by atoms with van der Waals surface area (Å²) in [7, 11) is 0. The molecule has 0 aliphatic heterocycles. The van der Waals surface area contributed by atoms with Crippen LogP contribution in [0.1, 0.15) is 32.2 Å². The largest absolute Gasteiger partial charge is 0.331 e. The van der Waals surface area contributed by atoms with Crippen molar-refractivity contribution in [1.82, 2.24) is 9.55 Å². The standard InChI is InChI=1S/C10H16N2.BrH/c1-3-5-6-10(4-2)12-8-7-11-9-12;/h4,7-10H,2-3,5-6H2,1H3;1H. The number of hydrogen-bond donors (Lipinski definition) is 0. The molecule has 1 heterocycles. The van der Waals surface area contributed by atoms with Gasteiger partial charge in [0.1, 0.15) is 0 Å². The maximum atomic E-state index is 4.01. The van der Waals surface area contributed by atoms with E-state index in [1.165, 1.54) is 12.8 Å². The fraction of sp³-hybridized carbons (Fsp3) is 0.500. The molecule has 1 unspecified atom stereocenters. The van der Waals surface area contributed by atoms with Crippen molar-refractivity contribution in [2.45, 2.75) is 32.2 Å². The highest BCUT2D eigenvalue weighted by Gasteiger charge is 2.03. The van der Waals surface area contributed by atoms with E-state index in [4.69, 9.17) is 0 Å². The van der Waals surface area contributed by atoms with Crippen LogP contribution in [-0.2, 0) is 0 Å². The Morgan fingerprint density at radius 2 is 2.38 bits per heavy atom. The van der Waals surface area contributed by atoms with Gasteiger partial charge < -0.3 is 4.57 Å². The van der Waals surface area contributed by atoms with E-state index in [0.29, 0.717) is 6.04 Å². The maximum Gasteiger partial charge on any atom is 0.0951 e. The molecule has 0 radical (unpaired) electrons. The zero-order valence-electron chi connectivity index (χ0n) is 8.02. The van der Waals surface area contributed by atoms with Crippen molar-refractivity contribution < 1.29 is 0 Å². The number of imidazole rings is 1. The van der Waals surface area contributed by atoms with Crippen molar-refractivity contribution in [3.8, 4) is 0 Å². The minimum atomic E-state index is 0.